The van der Waals surface area contributed by atoms with Crippen LogP contribution in [0.4, 0.5) is 0 Å². The number of nitrogens with zero attached hydrogens (tertiary/aromatic N) is 1. The molecule has 1 aromatic carbocycles. The Balaban J connectivity index is 1.63. The second-order valence-electron chi connectivity index (χ2n) is 6.45. The standard InChI is InChI=1S/C18H28N2O/c1-2-6-17-12-19-16(11-15-7-4-3-5-8-15)13-20(17)18-9-10-21-14-18/h3-5,7-8,16-19H,2,6,9-14H2,1H3. The fourth-order valence-corrected chi connectivity index (χ4v) is 3.76. The summed E-state index contributed by atoms with van der Waals surface area (Å²) in [5, 5.41) is 3.77. The first kappa shape index (κ1) is 15.0. The maximum Gasteiger partial charge on any atom is 0.0622 e. The number of piperazine rings is 1. The van der Waals surface area contributed by atoms with Gasteiger partial charge in [-0.3, -0.25) is 4.90 Å². The van der Waals surface area contributed by atoms with E-state index in [1.165, 1.54) is 24.8 Å². The average Bonchev–Trinajstić information content (AvgIpc) is 3.04. The van der Waals surface area contributed by atoms with Crippen molar-refractivity contribution < 1.29 is 4.74 Å². The summed E-state index contributed by atoms with van der Waals surface area (Å²) in [6.45, 7) is 6.45. The summed E-state index contributed by atoms with van der Waals surface area (Å²) in [6, 6.07) is 12.8. The molecule has 116 valence electrons. The van der Waals surface area contributed by atoms with Crippen molar-refractivity contribution >= 4 is 0 Å². The molecule has 3 nitrogen and oxygen atoms in total. The molecule has 0 spiro atoms. The summed E-state index contributed by atoms with van der Waals surface area (Å²) in [4.78, 5) is 2.74. The van der Waals surface area contributed by atoms with Crippen molar-refractivity contribution in [2.75, 3.05) is 26.3 Å². The Morgan fingerprint density at radius 3 is 2.86 bits per heavy atom. The van der Waals surface area contributed by atoms with Gasteiger partial charge >= 0.3 is 0 Å². The molecule has 3 heteroatoms. The van der Waals surface area contributed by atoms with Crippen molar-refractivity contribution in [1.29, 1.82) is 0 Å². The van der Waals surface area contributed by atoms with Gasteiger partial charge in [-0.1, -0.05) is 43.7 Å². The van der Waals surface area contributed by atoms with Crippen molar-refractivity contribution in [2.45, 2.75) is 50.7 Å². The van der Waals surface area contributed by atoms with Gasteiger partial charge in [0.2, 0.25) is 0 Å². The molecule has 2 aliphatic rings. The lowest BCUT2D eigenvalue weighted by atomic mass is 9.97. The number of nitrogens with one attached hydrogen (secondary N) is 1. The van der Waals surface area contributed by atoms with E-state index in [1.54, 1.807) is 0 Å². The zero-order valence-corrected chi connectivity index (χ0v) is 13.1. The van der Waals surface area contributed by atoms with Crippen LogP contribution < -0.4 is 5.32 Å². The van der Waals surface area contributed by atoms with Gasteiger partial charge in [-0.05, 0) is 24.8 Å². The second-order valence-corrected chi connectivity index (χ2v) is 6.45. The second kappa shape index (κ2) is 7.39. The topological polar surface area (TPSA) is 24.5 Å². The monoisotopic (exact) mass is 288 g/mol. The number of benzene rings is 1. The van der Waals surface area contributed by atoms with Gasteiger partial charge in [-0.2, -0.15) is 0 Å². The highest BCUT2D eigenvalue weighted by Gasteiger charge is 2.33. The maximum atomic E-state index is 5.63. The van der Waals surface area contributed by atoms with Crippen LogP contribution in [0.25, 0.3) is 0 Å². The highest BCUT2D eigenvalue weighted by Crippen LogP contribution is 2.22. The lowest BCUT2D eigenvalue weighted by Gasteiger charge is -2.43. The quantitative estimate of drug-likeness (QED) is 0.901. The highest BCUT2D eigenvalue weighted by molar-refractivity contribution is 5.16. The summed E-state index contributed by atoms with van der Waals surface area (Å²) in [7, 11) is 0. The van der Waals surface area contributed by atoms with E-state index < -0.39 is 0 Å². The summed E-state index contributed by atoms with van der Waals surface area (Å²) in [5.74, 6) is 0. The van der Waals surface area contributed by atoms with Crippen molar-refractivity contribution in [1.82, 2.24) is 10.2 Å². The Morgan fingerprint density at radius 2 is 2.14 bits per heavy atom. The van der Waals surface area contributed by atoms with Crippen molar-refractivity contribution in [2.24, 2.45) is 0 Å². The zero-order chi connectivity index (χ0) is 14.5. The van der Waals surface area contributed by atoms with E-state index in [0.717, 1.165) is 32.7 Å². The van der Waals surface area contributed by atoms with Crippen LogP contribution in [0.1, 0.15) is 31.7 Å². The van der Waals surface area contributed by atoms with Gasteiger partial charge in [0.1, 0.15) is 0 Å². The molecule has 21 heavy (non-hydrogen) atoms. The van der Waals surface area contributed by atoms with Crippen LogP contribution in [0.2, 0.25) is 0 Å². The fourth-order valence-electron chi connectivity index (χ4n) is 3.76. The molecule has 1 N–H and O–H groups in total. The van der Waals surface area contributed by atoms with E-state index in [0.29, 0.717) is 18.1 Å². The summed E-state index contributed by atoms with van der Waals surface area (Å²) in [6.07, 6.45) is 4.89. The van der Waals surface area contributed by atoms with Crippen LogP contribution in [-0.2, 0) is 11.2 Å². The van der Waals surface area contributed by atoms with Gasteiger partial charge in [0.15, 0.2) is 0 Å². The molecule has 2 heterocycles. The normalized spacial score (nSPS) is 30.6. The van der Waals surface area contributed by atoms with Crippen LogP contribution >= 0.6 is 0 Å². The van der Waals surface area contributed by atoms with Crippen LogP contribution in [0.3, 0.4) is 0 Å². The molecule has 3 unspecified atom stereocenters. The van der Waals surface area contributed by atoms with Gasteiger partial charge in [0, 0.05) is 37.8 Å². The predicted molar refractivity (Wildman–Crippen MR) is 86.6 cm³/mol. The van der Waals surface area contributed by atoms with Crippen LogP contribution in [0.5, 0.6) is 0 Å². The smallest absolute Gasteiger partial charge is 0.0622 e. The molecule has 0 aromatic heterocycles. The van der Waals surface area contributed by atoms with E-state index in [1.807, 2.05) is 0 Å². The van der Waals surface area contributed by atoms with Crippen LogP contribution in [0, 0.1) is 0 Å². The third-order valence-corrected chi connectivity index (χ3v) is 4.86. The lowest BCUT2D eigenvalue weighted by molar-refractivity contribution is 0.0653. The lowest BCUT2D eigenvalue weighted by Crippen LogP contribution is -2.60. The van der Waals surface area contributed by atoms with E-state index in [2.05, 4.69) is 47.5 Å². The Labute approximate surface area is 128 Å². The Bertz CT molecular complexity index is 416. The number of hydrogen-bond acceptors (Lipinski definition) is 3. The average molecular weight is 288 g/mol. The van der Waals surface area contributed by atoms with Crippen molar-refractivity contribution in [3.05, 3.63) is 35.9 Å². The first-order valence-corrected chi connectivity index (χ1v) is 8.47. The van der Waals surface area contributed by atoms with E-state index in [-0.39, 0.29) is 0 Å². The number of ether oxygens (including phenoxy) is 1. The predicted octanol–water partition coefficient (Wildman–Crippen LogP) is 2.46. The number of rotatable bonds is 5. The number of hydrogen-bond donors (Lipinski definition) is 1. The molecule has 3 atom stereocenters. The Hall–Kier alpha value is -0.900. The molecule has 2 saturated heterocycles. The van der Waals surface area contributed by atoms with Gasteiger partial charge in [0.05, 0.1) is 6.61 Å². The van der Waals surface area contributed by atoms with E-state index >= 15 is 0 Å². The summed E-state index contributed by atoms with van der Waals surface area (Å²) < 4.78 is 5.63. The van der Waals surface area contributed by atoms with Crippen LogP contribution in [-0.4, -0.2) is 49.3 Å². The van der Waals surface area contributed by atoms with Gasteiger partial charge < -0.3 is 10.1 Å². The molecule has 0 bridgehead atoms. The van der Waals surface area contributed by atoms with Gasteiger partial charge in [0.25, 0.3) is 0 Å². The van der Waals surface area contributed by atoms with Crippen molar-refractivity contribution in [3.8, 4) is 0 Å². The minimum atomic E-state index is 0.570. The fraction of sp³-hybridized carbons (Fsp3) is 0.667. The van der Waals surface area contributed by atoms with Gasteiger partial charge in [-0.25, -0.2) is 0 Å². The third-order valence-electron chi connectivity index (χ3n) is 4.86. The molecule has 3 rings (SSSR count). The molecule has 1 aromatic rings. The van der Waals surface area contributed by atoms with E-state index in [9.17, 15) is 0 Å². The molecule has 0 radical (unpaired) electrons. The zero-order valence-electron chi connectivity index (χ0n) is 13.1. The molecule has 0 saturated carbocycles. The minimum Gasteiger partial charge on any atom is -0.380 e. The molecule has 2 fully saturated rings. The Kier molecular flexibility index (Phi) is 5.28. The first-order valence-electron chi connectivity index (χ1n) is 8.47. The minimum absolute atomic E-state index is 0.570. The summed E-state index contributed by atoms with van der Waals surface area (Å²) in [5.41, 5.74) is 1.44. The highest BCUT2D eigenvalue weighted by atomic mass is 16.5. The first-order chi connectivity index (χ1) is 10.4. The van der Waals surface area contributed by atoms with Crippen molar-refractivity contribution in [3.63, 3.8) is 0 Å². The SMILES string of the molecule is CCCC1CNC(Cc2ccccc2)CN1C1CCOC1. The molecular weight excluding hydrogens is 260 g/mol. The molecule has 2 aliphatic heterocycles. The largest absolute Gasteiger partial charge is 0.380 e. The van der Waals surface area contributed by atoms with E-state index in [4.69, 9.17) is 4.74 Å². The summed E-state index contributed by atoms with van der Waals surface area (Å²) >= 11 is 0. The molecular formula is C18H28N2O. The molecule has 0 amide bonds. The third kappa shape index (κ3) is 3.85. The van der Waals surface area contributed by atoms with Gasteiger partial charge in [-0.15, -0.1) is 0 Å². The van der Waals surface area contributed by atoms with Crippen LogP contribution in [0.15, 0.2) is 30.3 Å². The molecule has 0 aliphatic carbocycles. The maximum absolute atomic E-state index is 5.63. The Morgan fingerprint density at radius 1 is 1.29 bits per heavy atom.